The zero-order valence-corrected chi connectivity index (χ0v) is 11.5. The fourth-order valence-corrected chi connectivity index (χ4v) is 5.51. The average molecular weight is 232 g/mol. The van der Waals surface area contributed by atoms with Gasteiger partial charge < -0.3 is 0 Å². The van der Waals surface area contributed by atoms with Crippen molar-refractivity contribution in [2.75, 3.05) is 11.5 Å². The molecule has 0 amide bonds. The Labute approximate surface area is 98.0 Å². The van der Waals surface area contributed by atoms with Gasteiger partial charge in [0.25, 0.3) is 0 Å². The fourth-order valence-electron chi connectivity index (χ4n) is 1.98. The lowest BCUT2D eigenvalue weighted by Gasteiger charge is -2.39. The van der Waals surface area contributed by atoms with E-state index in [-0.39, 0.29) is 0 Å². The van der Waals surface area contributed by atoms with Gasteiger partial charge in [0, 0.05) is 0 Å². The Morgan fingerprint density at radius 3 is 2.29 bits per heavy atom. The van der Waals surface area contributed by atoms with Crippen molar-refractivity contribution in [2.45, 2.75) is 57.0 Å². The molecule has 0 aliphatic carbocycles. The van der Waals surface area contributed by atoms with Crippen molar-refractivity contribution < 1.29 is 0 Å². The molecule has 0 aromatic rings. The summed E-state index contributed by atoms with van der Waals surface area (Å²) in [7, 11) is 0. The van der Waals surface area contributed by atoms with E-state index in [0.29, 0.717) is 4.08 Å². The van der Waals surface area contributed by atoms with Crippen LogP contribution in [-0.2, 0) is 0 Å². The van der Waals surface area contributed by atoms with Crippen molar-refractivity contribution in [1.82, 2.24) is 0 Å². The van der Waals surface area contributed by atoms with E-state index >= 15 is 0 Å². The SMILES string of the molecule is CCCCCC1(C(C)C)SCCCS1. The predicted octanol–water partition coefficient (Wildman–Crippen LogP) is 4.79. The van der Waals surface area contributed by atoms with Gasteiger partial charge >= 0.3 is 0 Å². The van der Waals surface area contributed by atoms with Gasteiger partial charge in [-0.3, -0.25) is 0 Å². The third-order valence-corrected chi connectivity index (χ3v) is 7.01. The summed E-state index contributed by atoms with van der Waals surface area (Å²) in [5.41, 5.74) is 0. The van der Waals surface area contributed by atoms with Crippen molar-refractivity contribution in [3.05, 3.63) is 0 Å². The molecule has 0 bridgehead atoms. The van der Waals surface area contributed by atoms with Crippen LogP contribution in [0.15, 0.2) is 0 Å². The summed E-state index contributed by atoms with van der Waals surface area (Å²) < 4.78 is 0.563. The standard InChI is InChI=1S/C12H24S2/c1-4-5-6-8-12(11(2)3)13-9-7-10-14-12/h11H,4-10H2,1-3H3. The smallest absolute Gasteiger partial charge is 0.0633 e. The summed E-state index contributed by atoms with van der Waals surface area (Å²) in [5.74, 6) is 3.60. The second-order valence-electron chi connectivity index (χ2n) is 4.47. The number of unbranched alkanes of at least 4 members (excludes halogenated alkanes) is 2. The van der Waals surface area contributed by atoms with Crippen LogP contribution in [0.5, 0.6) is 0 Å². The predicted molar refractivity (Wildman–Crippen MR) is 71.2 cm³/mol. The van der Waals surface area contributed by atoms with Crippen LogP contribution in [0.1, 0.15) is 52.9 Å². The van der Waals surface area contributed by atoms with Crippen LogP contribution in [0.25, 0.3) is 0 Å². The molecule has 1 rings (SSSR count). The lowest BCUT2D eigenvalue weighted by Crippen LogP contribution is -2.31. The fraction of sp³-hybridized carbons (Fsp3) is 1.00. The van der Waals surface area contributed by atoms with Gasteiger partial charge in [-0.2, -0.15) is 0 Å². The Hall–Kier alpha value is 0.700. The summed E-state index contributed by atoms with van der Waals surface area (Å²) in [6.45, 7) is 7.09. The van der Waals surface area contributed by atoms with Gasteiger partial charge in [0.2, 0.25) is 0 Å². The highest BCUT2D eigenvalue weighted by atomic mass is 32.2. The van der Waals surface area contributed by atoms with E-state index < -0.39 is 0 Å². The topological polar surface area (TPSA) is 0 Å². The molecule has 1 heterocycles. The van der Waals surface area contributed by atoms with Crippen molar-refractivity contribution >= 4 is 23.5 Å². The van der Waals surface area contributed by atoms with Crippen LogP contribution in [0.2, 0.25) is 0 Å². The first-order chi connectivity index (χ1) is 6.71. The zero-order valence-electron chi connectivity index (χ0n) is 9.84. The molecule has 0 saturated carbocycles. The zero-order chi connectivity index (χ0) is 10.4. The van der Waals surface area contributed by atoms with Gasteiger partial charge in [0.05, 0.1) is 4.08 Å². The summed E-state index contributed by atoms with van der Waals surface area (Å²) in [4.78, 5) is 0. The van der Waals surface area contributed by atoms with Crippen LogP contribution in [0.4, 0.5) is 0 Å². The molecule has 0 nitrogen and oxygen atoms in total. The highest BCUT2D eigenvalue weighted by Crippen LogP contribution is 2.50. The van der Waals surface area contributed by atoms with E-state index in [0.717, 1.165) is 5.92 Å². The minimum absolute atomic E-state index is 0.563. The molecular weight excluding hydrogens is 208 g/mol. The molecule has 84 valence electrons. The van der Waals surface area contributed by atoms with Crippen LogP contribution in [-0.4, -0.2) is 15.6 Å². The molecule has 1 aliphatic rings. The highest BCUT2D eigenvalue weighted by molar-refractivity contribution is 8.18. The Balaban J connectivity index is 2.43. The number of hydrogen-bond acceptors (Lipinski definition) is 2. The number of hydrogen-bond donors (Lipinski definition) is 0. The Bertz CT molecular complexity index is 148. The maximum Gasteiger partial charge on any atom is 0.0633 e. The van der Waals surface area contributed by atoms with Gasteiger partial charge in [-0.05, 0) is 30.3 Å². The van der Waals surface area contributed by atoms with E-state index in [1.807, 2.05) is 0 Å². The van der Waals surface area contributed by atoms with Gasteiger partial charge in [0.15, 0.2) is 0 Å². The molecule has 0 unspecified atom stereocenters. The molecule has 1 aliphatic heterocycles. The van der Waals surface area contributed by atoms with Gasteiger partial charge in [0.1, 0.15) is 0 Å². The Kier molecular flexibility index (Phi) is 5.76. The third kappa shape index (κ3) is 3.37. The Morgan fingerprint density at radius 1 is 1.14 bits per heavy atom. The van der Waals surface area contributed by atoms with E-state index in [1.54, 1.807) is 0 Å². The minimum Gasteiger partial charge on any atom is -0.144 e. The van der Waals surface area contributed by atoms with Crippen molar-refractivity contribution in [3.63, 3.8) is 0 Å². The van der Waals surface area contributed by atoms with Gasteiger partial charge in [-0.15, -0.1) is 23.5 Å². The van der Waals surface area contributed by atoms with E-state index in [1.165, 1.54) is 43.6 Å². The summed E-state index contributed by atoms with van der Waals surface area (Å²) >= 11 is 4.46. The molecule has 1 saturated heterocycles. The van der Waals surface area contributed by atoms with Crippen LogP contribution >= 0.6 is 23.5 Å². The van der Waals surface area contributed by atoms with Crippen LogP contribution in [0.3, 0.4) is 0 Å². The molecule has 0 radical (unpaired) electrons. The molecule has 0 spiro atoms. The molecule has 0 N–H and O–H groups in total. The number of rotatable bonds is 5. The second-order valence-corrected chi connectivity index (χ2v) is 7.58. The largest absolute Gasteiger partial charge is 0.144 e. The molecule has 0 aromatic heterocycles. The van der Waals surface area contributed by atoms with Gasteiger partial charge in [-0.25, -0.2) is 0 Å². The van der Waals surface area contributed by atoms with Crippen LogP contribution < -0.4 is 0 Å². The second kappa shape index (κ2) is 6.32. The first-order valence-electron chi connectivity index (χ1n) is 5.99. The van der Waals surface area contributed by atoms with Gasteiger partial charge in [-0.1, -0.05) is 40.0 Å². The van der Waals surface area contributed by atoms with E-state index in [9.17, 15) is 0 Å². The molecule has 0 aromatic carbocycles. The van der Waals surface area contributed by atoms with E-state index in [2.05, 4.69) is 44.3 Å². The molecule has 0 atom stereocenters. The quantitative estimate of drug-likeness (QED) is 0.625. The summed E-state index contributed by atoms with van der Waals surface area (Å²) in [5, 5.41) is 0. The van der Waals surface area contributed by atoms with Crippen molar-refractivity contribution in [2.24, 2.45) is 5.92 Å². The molecular formula is C12H24S2. The third-order valence-electron chi connectivity index (χ3n) is 2.99. The van der Waals surface area contributed by atoms with Crippen molar-refractivity contribution in [3.8, 4) is 0 Å². The molecule has 2 heteroatoms. The monoisotopic (exact) mass is 232 g/mol. The maximum atomic E-state index is 2.40. The van der Waals surface area contributed by atoms with E-state index in [4.69, 9.17) is 0 Å². The van der Waals surface area contributed by atoms with Crippen LogP contribution in [0, 0.1) is 5.92 Å². The lowest BCUT2D eigenvalue weighted by molar-refractivity contribution is 0.504. The molecule has 14 heavy (non-hydrogen) atoms. The first-order valence-corrected chi connectivity index (χ1v) is 7.96. The maximum absolute atomic E-state index is 2.40. The first kappa shape index (κ1) is 12.8. The lowest BCUT2D eigenvalue weighted by atomic mass is 10.0. The Morgan fingerprint density at radius 2 is 1.79 bits per heavy atom. The summed E-state index contributed by atoms with van der Waals surface area (Å²) in [6, 6.07) is 0. The molecule has 1 fully saturated rings. The average Bonchev–Trinajstić information content (AvgIpc) is 2.19. The summed E-state index contributed by atoms with van der Waals surface area (Å²) in [6.07, 6.45) is 7.03. The normalized spacial score (nSPS) is 21.4. The highest BCUT2D eigenvalue weighted by Gasteiger charge is 2.35. The van der Waals surface area contributed by atoms with Crippen molar-refractivity contribution in [1.29, 1.82) is 0 Å². The minimum atomic E-state index is 0.563. The number of thioether (sulfide) groups is 2.